The van der Waals surface area contributed by atoms with Crippen LogP contribution >= 0.6 is 0 Å². The molecule has 7 nitrogen and oxygen atoms in total. The number of carbonyl (C=O) groups is 2. The van der Waals surface area contributed by atoms with Gasteiger partial charge in [0, 0.05) is 38.3 Å². The molecule has 0 fully saturated rings. The van der Waals surface area contributed by atoms with Crippen LogP contribution in [-0.2, 0) is 19.6 Å². The molecule has 8 heteroatoms. The SMILES string of the molecule is CC(=O)Nc1ccc(N(CCNS(=O)(=O)c2ccccc2)C(C)=O)cc1. The van der Waals surface area contributed by atoms with Crippen molar-refractivity contribution in [2.24, 2.45) is 0 Å². The molecule has 2 aromatic rings. The highest BCUT2D eigenvalue weighted by Gasteiger charge is 2.16. The molecule has 0 aromatic heterocycles. The van der Waals surface area contributed by atoms with Crippen LogP contribution in [0.1, 0.15) is 13.8 Å². The van der Waals surface area contributed by atoms with Gasteiger partial charge in [0.2, 0.25) is 21.8 Å². The van der Waals surface area contributed by atoms with E-state index in [1.165, 1.54) is 30.9 Å². The summed E-state index contributed by atoms with van der Waals surface area (Å²) in [6.45, 7) is 3.08. The molecule has 2 amide bonds. The highest BCUT2D eigenvalue weighted by molar-refractivity contribution is 7.89. The molecule has 138 valence electrons. The van der Waals surface area contributed by atoms with Gasteiger partial charge in [0.25, 0.3) is 0 Å². The second-order valence-electron chi connectivity index (χ2n) is 5.61. The number of sulfonamides is 1. The summed E-state index contributed by atoms with van der Waals surface area (Å²) in [7, 11) is -3.62. The number of rotatable bonds is 7. The molecule has 0 unspecified atom stereocenters. The highest BCUT2D eigenvalue weighted by Crippen LogP contribution is 2.18. The van der Waals surface area contributed by atoms with E-state index in [1.807, 2.05) is 0 Å². The summed E-state index contributed by atoms with van der Waals surface area (Å²) in [6.07, 6.45) is 0. The van der Waals surface area contributed by atoms with Crippen molar-refractivity contribution < 1.29 is 18.0 Å². The fourth-order valence-corrected chi connectivity index (χ4v) is 3.41. The molecule has 0 aliphatic carbocycles. The third kappa shape index (κ3) is 5.40. The lowest BCUT2D eigenvalue weighted by Crippen LogP contribution is -2.37. The van der Waals surface area contributed by atoms with E-state index in [4.69, 9.17) is 0 Å². The van der Waals surface area contributed by atoms with E-state index in [2.05, 4.69) is 10.0 Å². The maximum Gasteiger partial charge on any atom is 0.240 e. The van der Waals surface area contributed by atoms with Gasteiger partial charge in [-0.05, 0) is 36.4 Å². The summed E-state index contributed by atoms with van der Waals surface area (Å²) in [6, 6.07) is 14.8. The van der Waals surface area contributed by atoms with E-state index >= 15 is 0 Å². The number of nitrogens with one attached hydrogen (secondary N) is 2. The summed E-state index contributed by atoms with van der Waals surface area (Å²) in [5, 5.41) is 2.65. The average Bonchev–Trinajstić information content (AvgIpc) is 2.60. The molecule has 0 bridgehead atoms. The third-order valence-corrected chi connectivity index (χ3v) is 5.04. The first-order chi connectivity index (χ1) is 12.3. The van der Waals surface area contributed by atoms with Crippen molar-refractivity contribution in [3.05, 3.63) is 54.6 Å². The van der Waals surface area contributed by atoms with Gasteiger partial charge in [0.15, 0.2) is 0 Å². The molecule has 2 rings (SSSR count). The lowest BCUT2D eigenvalue weighted by atomic mass is 10.2. The fourth-order valence-electron chi connectivity index (χ4n) is 2.37. The predicted octanol–water partition coefficient (Wildman–Crippen LogP) is 1.98. The van der Waals surface area contributed by atoms with Crippen molar-refractivity contribution in [1.29, 1.82) is 0 Å². The van der Waals surface area contributed by atoms with Crippen molar-refractivity contribution in [3.8, 4) is 0 Å². The van der Waals surface area contributed by atoms with E-state index in [9.17, 15) is 18.0 Å². The molecule has 0 heterocycles. The van der Waals surface area contributed by atoms with Crippen LogP contribution < -0.4 is 14.9 Å². The number of anilines is 2. The van der Waals surface area contributed by atoms with E-state index in [-0.39, 0.29) is 29.8 Å². The summed E-state index contributed by atoms with van der Waals surface area (Å²) in [5.74, 6) is -0.396. The molecule has 0 spiro atoms. The first kappa shape index (κ1) is 19.6. The maximum atomic E-state index is 12.2. The summed E-state index contributed by atoms with van der Waals surface area (Å²) in [5.41, 5.74) is 1.24. The van der Waals surface area contributed by atoms with Gasteiger partial charge in [0.1, 0.15) is 0 Å². The Balaban J connectivity index is 2.03. The first-order valence-electron chi connectivity index (χ1n) is 8.00. The number of hydrogen-bond acceptors (Lipinski definition) is 4. The van der Waals surface area contributed by atoms with Gasteiger partial charge in [-0.2, -0.15) is 0 Å². The Morgan fingerprint density at radius 1 is 0.962 bits per heavy atom. The Bertz CT molecular complexity index is 865. The minimum absolute atomic E-state index is 0.0737. The largest absolute Gasteiger partial charge is 0.326 e. The molecular weight excluding hydrogens is 354 g/mol. The Morgan fingerprint density at radius 2 is 1.58 bits per heavy atom. The molecule has 2 aromatic carbocycles. The van der Waals surface area contributed by atoms with Crippen molar-refractivity contribution in [2.45, 2.75) is 18.7 Å². The lowest BCUT2D eigenvalue weighted by Gasteiger charge is -2.21. The van der Waals surface area contributed by atoms with E-state index in [0.29, 0.717) is 11.4 Å². The Labute approximate surface area is 153 Å². The van der Waals surface area contributed by atoms with Crippen molar-refractivity contribution in [3.63, 3.8) is 0 Å². The van der Waals surface area contributed by atoms with Crippen LogP contribution in [0.5, 0.6) is 0 Å². The number of nitrogens with zero attached hydrogens (tertiary/aromatic N) is 1. The molecule has 2 N–H and O–H groups in total. The van der Waals surface area contributed by atoms with Crippen LogP contribution in [0.2, 0.25) is 0 Å². The molecule has 26 heavy (non-hydrogen) atoms. The number of hydrogen-bond donors (Lipinski definition) is 2. The van der Waals surface area contributed by atoms with Crippen molar-refractivity contribution in [2.75, 3.05) is 23.3 Å². The number of carbonyl (C=O) groups excluding carboxylic acids is 2. The first-order valence-corrected chi connectivity index (χ1v) is 9.48. The molecule has 0 aliphatic rings. The second-order valence-corrected chi connectivity index (χ2v) is 7.38. The minimum Gasteiger partial charge on any atom is -0.326 e. The van der Waals surface area contributed by atoms with E-state index in [1.54, 1.807) is 42.5 Å². The van der Waals surface area contributed by atoms with Gasteiger partial charge in [-0.15, -0.1) is 0 Å². The molecule has 0 aliphatic heterocycles. The Hall–Kier alpha value is -2.71. The molecule has 0 saturated carbocycles. The topological polar surface area (TPSA) is 95.6 Å². The lowest BCUT2D eigenvalue weighted by molar-refractivity contribution is -0.116. The van der Waals surface area contributed by atoms with Crippen molar-refractivity contribution in [1.82, 2.24) is 4.72 Å². The average molecular weight is 375 g/mol. The van der Waals surface area contributed by atoms with Crippen LogP contribution in [0.15, 0.2) is 59.5 Å². The van der Waals surface area contributed by atoms with Crippen LogP contribution in [0, 0.1) is 0 Å². The third-order valence-electron chi connectivity index (χ3n) is 3.56. The predicted molar refractivity (Wildman–Crippen MR) is 100 cm³/mol. The molecule has 0 atom stereocenters. The molecule has 0 radical (unpaired) electrons. The fraction of sp³-hybridized carbons (Fsp3) is 0.222. The Morgan fingerprint density at radius 3 is 2.12 bits per heavy atom. The number of amides is 2. The zero-order valence-corrected chi connectivity index (χ0v) is 15.4. The summed E-state index contributed by atoms with van der Waals surface area (Å²) >= 11 is 0. The van der Waals surface area contributed by atoms with Gasteiger partial charge in [0.05, 0.1) is 4.90 Å². The summed E-state index contributed by atoms with van der Waals surface area (Å²) < 4.78 is 26.9. The van der Waals surface area contributed by atoms with Crippen LogP contribution in [0.3, 0.4) is 0 Å². The second kappa shape index (κ2) is 8.59. The van der Waals surface area contributed by atoms with E-state index in [0.717, 1.165) is 0 Å². The van der Waals surface area contributed by atoms with Gasteiger partial charge in [-0.25, -0.2) is 13.1 Å². The zero-order chi connectivity index (χ0) is 19.2. The number of benzene rings is 2. The van der Waals surface area contributed by atoms with Crippen LogP contribution in [0.4, 0.5) is 11.4 Å². The van der Waals surface area contributed by atoms with Gasteiger partial charge < -0.3 is 10.2 Å². The van der Waals surface area contributed by atoms with Gasteiger partial charge >= 0.3 is 0 Å². The van der Waals surface area contributed by atoms with Crippen LogP contribution in [0.25, 0.3) is 0 Å². The Kier molecular flexibility index (Phi) is 6.48. The van der Waals surface area contributed by atoms with Gasteiger partial charge in [-0.1, -0.05) is 18.2 Å². The molecular formula is C18H21N3O4S. The van der Waals surface area contributed by atoms with Gasteiger partial charge in [-0.3, -0.25) is 9.59 Å². The highest BCUT2D eigenvalue weighted by atomic mass is 32.2. The standard InChI is InChI=1S/C18H21N3O4S/c1-14(22)20-16-8-10-17(11-9-16)21(15(2)23)13-12-19-26(24,25)18-6-4-3-5-7-18/h3-11,19H,12-13H2,1-2H3,(H,20,22). The zero-order valence-electron chi connectivity index (χ0n) is 14.6. The normalized spacial score (nSPS) is 11.0. The quantitative estimate of drug-likeness (QED) is 0.773. The van der Waals surface area contributed by atoms with Crippen LogP contribution in [-0.4, -0.2) is 33.3 Å². The minimum atomic E-state index is -3.62. The summed E-state index contributed by atoms with van der Waals surface area (Å²) in [4.78, 5) is 24.6. The monoisotopic (exact) mass is 375 g/mol. The smallest absolute Gasteiger partial charge is 0.240 e. The molecule has 0 saturated heterocycles. The van der Waals surface area contributed by atoms with E-state index < -0.39 is 10.0 Å². The maximum absolute atomic E-state index is 12.2. The van der Waals surface area contributed by atoms with Crippen molar-refractivity contribution >= 4 is 33.2 Å².